The van der Waals surface area contributed by atoms with Crippen molar-refractivity contribution in [2.75, 3.05) is 9.86 Å². The fourth-order valence-electron chi connectivity index (χ4n) is 8.79. The third-order valence-corrected chi connectivity index (χ3v) is 15.9. The molecule has 0 bridgehead atoms. The zero-order valence-electron chi connectivity index (χ0n) is 32.2. The summed E-state index contributed by atoms with van der Waals surface area (Å²) >= 11 is 0.716. The molecule has 0 aromatic heterocycles. The van der Waals surface area contributed by atoms with Crippen molar-refractivity contribution in [2.24, 2.45) is 32.5 Å². The minimum absolute atomic E-state index is 0.358. The average Bonchev–Trinajstić information content (AvgIpc) is 2.93. The quantitative estimate of drug-likeness (QED) is 0.0421. The second-order valence-corrected chi connectivity index (χ2v) is 20.0. The van der Waals surface area contributed by atoms with Gasteiger partial charge in [-0.05, 0) is 0 Å². The minimum atomic E-state index is 0.358. The molecule has 0 rings (SSSR count). The molecule has 0 saturated heterocycles. The van der Waals surface area contributed by atoms with Crippen LogP contribution < -0.4 is 42.0 Å². The van der Waals surface area contributed by atoms with Gasteiger partial charge in [0.2, 0.25) is 0 Å². The first-order valence-corrected chi connectivity index (χ1v) is 24.9. The zero-order chi connectivity index (χ0) is 33.1. The Hall–Kier alpha value is 1.59. The van der Waals surface area contributed by atoms with Crippen molar-refractivity contribution in [1.29, 1.82) is 0 Å². The van der Waals surface area contributed by atoms with Gasteiger partial charge < -0.3 is 0 Å². The molecule has 254 valence electrons. The fraction of sp³-hybridized carbons (Fsp3) is 1.00. The van der Waals surface area contributed by atoms with E-state index >= 15 is 0 Å². The van der Waals surface area contributed by atoms with Gasteiger partial charge >= 0.3 is 294 Å². The summed E-state index contributed by atoms with van der Waals surface area (Å²) in [4.78, 5) is 4.73. The van der Waals surface area contributed by atoms with Crippen LogP contribution in [-0.4, -0.2) is 20.1 Å². The molecule has 4 heteroatoms. The van der Waals surface area contributed by atoms with Gasteiger partial charge in [0.05, 0.1) is 0 Å². The molecule has 0 N–H and O–H groups in total. The number of alkyl halides is 2. The molecule has 0 aliphatic rings. The first-order chi connectivity index (χ1) is 19.5. The summed E-state index contributed by atoms with van der Waals surface area (Å²) in [5.74, 6) is 0. The standard InChI is InChI=1S/2C19H40BI/c2*1-9-13-17(4,5)19(7,15-12-16-20-21-8)18(6,11-3)14-10-2/h2*9-16H2,1-8H3/q2*-1. The van der Waals surface area contributed by atoms with E-state index in [-0.39, 0.29) is 0 Å². The summed E-state index contributed by atoms with van der Waals surface area (Å²) in [5.41, 5.74) is 2.70. The maximum atomic E-state index is 2.61. The Morgan fingerprint density at radius 1 is 0.429 bits per heavy atom. The average molecular weight is 812 g/mol. The molecule has 0 nitrogen and oxygen atoms in total. The predicted octanol–water partition coefficient (Wildman–Crippen LogP) is 7.14. The van der Waals surface area contributed by atoms with Crippen LogP contribution in [0.3, 0.4) is 0 Å². The Kier molecular flexibility index (Phi) is 24.2. The van der Waals surface area contributed by atoms with Crippen molar-refractivity contribution in [1.82, 2.24) is 0 Å². The van der Waals surface area contributed by atoms with Crippen LogP contribution in [0.4, 0.5) is 0 Å². The van der Waals surface area contributed by atoms with Crippen LogP contribution in [0.2, 0.25) is 12.6 Å². The van der Waals surface area contributed by atoms with E-state index < -0.39 is 0 Å². The van der Waals surface area contributed by atoms with Gasteiger partial charge in [-0.25, -0.2) is 0 Å². The van der Waals surface area contributed by atoms with Crippen LogP contribution in [-0.2, 0) is 0 Å². The van der Waals surface area contributed by atoms with Crippen LogP contribution in [0, 0.1) is 32.5 Å². The Morgan fingerprint density at radius 3 is 0.929 bits per heavy atom. The number of hydrogen-bond donors (Lipinski definition) is 0. The summed E-state index contributed by atoms with van der Waals surface area (Å²) in [6, 6.07) is 0. The molecule has 0 spiro atoms. The van der Waals surface area contributed by atoms with E-state index in [0.717, 1.165) is 0 Å². The first kappa shape index (κ1) is 45.7. The normalized spacial score (nSPS) is 18.3. The number of rotatable bonds is 24. The molecule has 4 unspecified atom stereocenters. The monoisotopic (exact) mass is 812 g/mol. The van der Waals surface area contributed by atoms with Crippen molar-refractivity contribution in [3.63, 3.8) is 0 Å². The molecule has 0 aliphatic carbocycles. The van der Waals surface area contributed by atoms with Crippen LogP contribution in [0.1, 0.15) is 187 Å². The summed E-state index contributed by atoms with van der Waals surface area (Å²) in [7, 11) is 0. The molecule has 0 heterocycles. The SMILES string of the molecule is CCCC(C)(C)C(C)(CCC[B][I-]C)C(C)(CC)CCC.CCCC(C)(C)C(C)(CCC[B][I-]C)C(C)(CC)CCC. The summed E-state index contributed by atoms with van der Waals surface area (Å²) in [6.45, 7) is 34.8. The second-order valence-electron chi connectivity index (χ2n) is 15.8. The molecule has 0 saturated carbocycles. The molecule has 0 amide bonds. The molecule has 2 radical (unpaired) electrons. The van der Waals surface area contributed by atoms with Crippen molar-refractivity contribution >= 4 is 10.3 Å². The second kappa shape index (κ2) is 22.2. The van der Waals surface area contributed by atoms with Gasteiger partial charge in [0.1, 0.15) is 0 Å². The van der Waals surface area contributed by atoms with Crippen molar-refractivity contribution in [3.8, 4) is 0 Å². The molecule has 4 atom stereocenters. The Balaban J connectivity index is 0. The van der Waals surface area contributed by atoms with Gasteiger partial charge in [-0.15, -0.1) is 0 Å². The molecular formula is C38H80B2I2-2. The Morgan fingerprint density at radius 2 is 0.714 bits per heavy atom. The van der Waals surface area contributed by atoms with Gasteiger partial charge in [0, 0.05) is 0 Å². The summed E-state index contributed by atoms with van der Waals surface area (Å²) in [6.07, 6.45) is 21.6. The number of hydrogen-bond acceptors (Lipinski definition) is 0. The Bertz CT molecular complexity index is 609. The Labute approximate surface area is 291 Å². The molecule has 0 aromatic rings. The predicted molar refractivity (Wildman–Crippen MR) is 192 cm³/mol. The van der Waals surface area contributed by atoms with E-state index in [2.05, 4.69) is 117 Å². The fourth-order valence-corrected chi connectivity index (χ4v) is 10.9. The van der Waals surface area contributed by atoms with Crippen molar-refractivity contribution in [3.05, 3.63) is 0 Å². The third-order valence-electron chi connectivity index (χ3n) is 12.9. The van der Waals surface area contributed by atoms with Gasteiger partial charge in [-0.3, -0.25) is 0 Å². The summed E-state index contributed by atoms with van der Waals surface area (Å²) < 4.78 is 0. The van der Waals surface area contributed by atoms with E-state index in [9.17, 15) is 0 Å². The molecular weight excluding hydrogens is 732 g/mol. The van der Waals surface area contributed by atoms with E-state index in [1.165, 1.54) is 103 Å². The van der Waals surface area contributed by atoms with Crippen LogP contribution >= 0.6 is 0 Å². The van der Waals surface area contributed by atoms with Crippen LogP contribution in [0.15, 0.2) is 0 Å². The van der Waals surface area contributed by atoms with Crippen LogP contribution in [0.25, 0.3) is 0 Å². The molecule has 0 fully saturated rings. The van der Waals surface area contributed by atoms with Gasteiger partial charge in [-0.2, -0.15) is 0 Å². The summed E-state index contributed by atoms with van der Waals surface area (Å²) in [5, 5.41) is 5.13. The first-order valence-electron chi connectivity index (χ1n) is 18.1. The molecule has 0 aliphatic heterocycles. The van der Waals surface area contributed by atoms with Crippen LogP contribution in [0.5, 0.6) is 0 Å². The van der Waals surface area contributed by atoms with Crippen molar-refractivity contribution in [2.45, 2.75) is 199 Å². The topological polar surface area (TPSA) is 0 Å². The third kappa shape index (κ3) is 12.7. The van der Waals surface area contributed by atoms with E-state index in [4.69, 9.17) is 0 Å². The maximum absolute atomic E-state index is 2.61. The van der Waals surface area contributed by atoms with Gasteiger partial charge in [0.15, 0.2) is 0 Å². The van der Waals surface area contributed by atoms with E-state index in [1.807, 2.05) is 0 Å². The van der Waals surface area contributed by atoms with E-state index in [0.29, 0.717) is 74.5 Å². The molecule has 42 heavy (non-hydrogen) atoms. The molecule has 0 aromatic carbocycles. The zero-order valence-corrected chi connectivity index (χ0v) is 36.5. The van der Waals surface area contributed by atoms with E-state index in [1.54, 1.807) is 0 Å². The van der Waals surface area contributed by atoms with Gasteiger partial charge in [-0.1, -0.05) is 0 Å². The van der Waals surface area contributed by atoms with Crippen molar-refractivity contribution < 1.29 is 42.0 Å². The number of halogens is 2. The van der Waals surface area contributed by atoms with Gasteiger partial charge in [0.25, 0.3) is 0 Å².